The molecule has 3 aromatic rings. The summed E-state index contributed by atoms with van der Waals surface area (Å²) in [6.07, 6.45) is 2.29. The molecule has 1 N–H and O–H groups in total. The molecule has 0 unspecified atom stereocenters. The van der Waals surface area contributed by atoms with Crippen molar-refractivity contribution < 1.29 is 9.59 Å². The molecule has 3 aromatic heterocycles. The Kier molecular flexibility index (Phi) is 9.58. The van der Waals surface area contributed by atoms with Crippen LogP contribution < -0.4 is 5.32 Å². The molecule has 0 radical (unpaired) electrons. The Hall–Kier alpha value is -2.16. The topological polar surface area (TPSA) is 52.7 Å². The summed E-state index contributed by atoms with van der Waals surface area (Å²) in [6.45, 7) is 5.00. The van der Waals surface area contributed by atoms with Crippen molar-refractivity contribution in [3.63, 3.8) is 0 Å². The third-order valence-electron chi connectivity index (χ3n) is 4.82. The number of hydrogen-bond donors (Lipinski definition) is 1. The second-order valence-corrected chi connectivity index (χ2v) is 10.3. The number of amides is 3. The fraction of sp³-hybridized carbons (Fsp3) is 0.391. The summed E-state index contributed by atoms with van der Waals surface area (Å²) in [5.41, 5.74) is 0. The first kappa shape index (κ1) is 23.5. The maximum Gasteiger partial charge on any atom is 0.317 e. The van der Waals surface area contributed by atoms with E-state index in [2.05, 4.69) is 24.4 Å². The van der Waals surface area contributed by atoms with Gasteiger partial charge in [-0.1, -0.05) is 31.5 Å². The minimum Gasteiger partial charge on any atom is -0.337 e. The van der Waals surface area contributed by atoms with E-state index in [0.29, 0.717) is 32.6 Å². The first-order valence-corrected chi connectivity index (χ1v) is 13.2. The van der Waals surface area contributed by atoms with E-state index in [-0.39, 0.29) is 11.9 Å². The molecule has 31 heavy (non-hydrogen) atoms. The predicted octanol–water partition coefficient (Wildman–Crippen LogP) is 5.80. The normalized spacial score (nSPS) is 10.7. The molecule has 0 fully saturated rings. The van der Waals surface area contributed by atoms with Crippen LogP contribution in [0.15, 0.2) is 52.5 Å². The summed E-state index contributed by atoms with van der Waals surface area (Å²) in [4.78, 5) is 32.9. The second kappa shape index (κ2) is 12.6. The zero-order chi connectivity index (χ0) is 21.9. The van der Waals surface area contributed by atoms with E-state index in [9.17, 15) is 9.59 Å². The SMILES string of the molecule is CCCCN(Cc1cccs1)C(=O)NCCC(=O)N(Cc1cccs1)Cc1cccs1. The van der Waals surface area contributed by atoms with Crippen LogP contribution in [0.5, 0.6) is 0 Å². The highest BCUT2D eigenvalue weighted by atomic mass is 32.1. The minimum atomic E-state index is -0.0993. The van der Waals surface area contributed by atoms with Crippen LogP contribution in [0.2, 0.25) is 0 Å². The van der Waals surface area contributed by atoms with Crippen LogP contribution in [0.25, 0.3) is 0 Å². The summed E-state index contributed by atoms with van der Waals surface area (Å²) in [5, 5.41) is 9.04. The number of thiophene rings is 3. The Labute approximate surface area is 196 Å². The van der Waals surface area contributed by atoms with Gasteiger partial charge in [-0.25, -0.2) is 4.79 Å². The first-order chi connectivity index (χ1) is 15.2. The molecule has 0 aliphatic heterocycles. The largest absolute Gasteiger partial charge is 0.337 e. The Bertz CT molecular complexity index is 857. The van der Waals surface area contributed by atoms with Crippen LogP contribution >= 0.6 is 34.0 Å². The van der Waals surface area contributed by atoms with Gasteiger partial charge in [0, 0.05) is 34.1 Å². The molecule has 5 nitrogen and oxygen atoms in total. The van der Waals surface area contributed by atoms with E-state index in [4.69, 9.17) is 0 Å². The molecule has 0 saturated carbocycles. The minimum absolute atomic E-state index is 0.0560. The van der Waals surface area contributed by atoms with Gasteiger partial charge in [0.1, 0.15) is 0 Å². The molecule has 0 aliphatic carbocycles. The number of rotatable bonds is 12. The van der Waals surface area contributed by atoms with Crippen LogP contribution in [0.3, 0.4) is 0 Å². The lowest BCUT2D eigenvalue weighted by molar-refractivity contribution is -0.132. The van der Waals surface area contributed by atoms with Gasteiger partial charge in [-0.15, -0.1) is 34.0 Å². The van der Waals surface area contributed by atoms with Gasteiger partial charge in [0.15, 0.2) is 0 Å². The van der Waals surface area contributed by atoms with Crippen molar-refractivity contribution in [1.82, 2.24) is 15.1 Å². The molecule has 0 atom stereocenters. The van der Waals surface area contributed by atoms with Crippen molar-refractivity contribution in [2.24, 2.45) is 0 Å². The third-order valence-corrected chi connectivity index (χ3v) is 7.40. The predicted molar refractivity (Wildman–Crippen MR) is 131 cm³/mol. The van der Waals surface area contributed by atoms with Crippen LogP contribution in [0.1, 0.15) is 40.8 Å². The summed E-state index contributed by atoms with van der Waals surface area (Å²) in [5.74, 6) is 0.0560. The molecular weight excluding hydrogens is 446 g/mol. The van der Waals surface area contributed by atoms with Gasteiger partial charge in [0.05, 0.1) is 19.6 Å². The number of carbonyl (C=O) groups is 2. The van der Waals surface area contributed by atoms with E-state index in [1.165, 1.54) is 4.88 Å². The standard InChI is InChI=1S/C23H29N3O2S3/c1-2-3-12-25(16-19-7-4-13-29-19)23(28)24-11-10-22(27)26(17-20-8-5-14-30-20)18-21-9-6-15-31-21/h4-9,13-15H,2-3,10-12,16-18H2,1H3,(H,24,28). The van der Waals surface area contributed by atoms with E-state index < -0.39 is 0 Å². The molecule has 0 saturated heterocycles. The highest BCUT2D eigenvalue weighted by Gasteiger charge is 2.18. The zero-order valence-electron chi connectivity index (χ0n) is 17.8. The lowest BCUT2D eigenvalue weighted by atomic mass is 10.3. The Morgan fingerprint density at radius 3 is 1.81 bits per heavy atom. The van der Waals surface area contributed by atoms with Gasteiger partial charge < -0.3 is 15.1 Å². The lowest BCUT2D eigenvalue weighted by Gasteiger charge is -2.24. The molecule has 3 amide bonds. The van der Waals surface area contributed by atoms with E-state index in [1.54, 1.807) is 34.0 Å². The second-order valence-electron chi connectivity index (χ2n) is 7.24. The molecule has 0 aliphatic rings. The summed E-state index contributed by atoms with van der Waals surface area (Å²) in [6, 6.07) is 12.1. The monoisotopic (exact) mass is 475 g/mol. The smallest absolute Gasteiger partial charge is 0.317 e. The Morgan fingerprint density at radius 2 is 1.35 bits per heavy atom. The van der Waals surface area contributed by atoms with Gasteiger partial charge in [0.2, 0.25) is 5.91 Å². The van der Waals surface area contributed by atoms with Gasteiger partial charge in [-0.05, 0) is 40.8 Å². The highest BCUT2D eigenvalue weighted by molar-refractivity contribution is 7.10. The fourth-order valence-corrected chi connectivity index (χ4v) is 5.31. The highest BCUT2D eigenvalue weighted by Crippen LogP contribution is 2.18. The molecule has 0 spiro atoms. The molecule has 8 heteroatoms. The van der Waals surface area contributed by atoms with Crippen LogP contribution in [-0.2, 0) is 24.4 Å². The van der Waals surface area contributed by atoms with Crippen molar-refractivity contribution in [3.05, 3.63) is 67.2 Å². The first-order valence-electron chi connectivity index (χ1n) is 10.5. The quantitative estimate of drug-likeness (QED) is 0.360. The van der Waals surface area contributed by atoms with Crippen molar-refractivity contribution in [2.75, 3.05) is 13.1 Å². The molecular formula is C23H29N3O2S3. The Balaban J connectivity index is 1.52. The number of carbonyl (C=O) groups excluding carboxylic acids is 2. The van der Waals surface area contributed by atoms with Gasteiger partial charge >= 0.3 is 6.03 Å². The van der Waals surface area contributed by atoms with Crippen molar-refractivity contribution in [1.29, 1.82) is 0 Å². The molecule has 3 rings (SSSR count). The van der Waals surface area contributed by atoms with Gasteiger partial charge in [-0.2, -0.15) is 0 Å². The number of nitrogens with zero attached hydrogens (tertiary/aromatic N) is 2. The molecule has 166 valence electrons. The van der Waals surface area contributed by atoms with E-state index >= 15 is 0 Å². The lowest BCUT2D eigenvalue weighted by Crippen LogP contribution is -2.41. The van der Waals surface area contributed by atoms with E-state index in [0.717, 1.165) is 29.1 Å². The van der Waals surface area contributed by atoms with Crippen molar-refractivity contribution in [3.8, 4) is 0 Å². The molecule has 3 heterocycles. The maximum atomic E-state index is 12.9. The number of nitrogens with one attached hydrogen (secondary N) is 1. The van der Waals surface area contributed by atoms with Gasteiger partial charge in [-0.3, -0.25) is 4.79 Å². The van der Waals surface area contributed by atoms with E-state index in [1.807, 2.05) is 50.2 Å². The summed E-state index contributed by atoms with van der Waals surface area (Å²) in [7, 11) is 0. The Morgan fingerprint density at radius 1 is 0.839 bits per heavy atom. The van der Waals surface area contributed by atoms with Crippen LogP contribution in [-0.4, -0.2) is 34.8 Å². The third kappa shape index (κ3) is 7.79. The number of unbranched alkanes of at least 4 members (excludes halogenated alkanes) is 1. The van der Waals surface area contributed by atoms with Crippen LogP contribution in [0, 0.1) is 0 Å². The number of hydrogen-bond acceptors (Lipinski definition) is 5. The molecule has 0 aromatic carbocycles. The summed E-state index contributed by atoms with van der Waals surface area (Å²) < 4.78 is 0. The van der Waals surface area contributed by atoms with Gasteiger partial charge in [0.25, 0.3) is 0 Å². The van der Waals surface area contributed by atoms with Crippen LogP contribution in [0.4, 0.5) is 4.79 Å². The number of urea groups is 1. The zero-order valence-corrected chi connectivity index (χ0v) is 20.2. The van der Waals surface area contributed by atoms with Crippen molar-refractivity contribution >= 4 is 45.9 Å². The fourth-order valence-electron chi connectivity index (χ4n) is 3.15. The average Bonchev–Trinajstić information content (AvgIpc) is 3.54. The maximum absolute atomic E-state index is 12.9. The molecule has 0 bridgehead atoms. The average molecular weight is 476 g/mol. The van der Waals surface area contributed by atoms with Crippen molar-refractivity contribution in [2.45, 2.75) is 45.8 Å². The summed E-state index contributed by atoms with van der Waals surface area (Å²) >= 11 is 4.97.